The Labute approximate surface area is 186 Å². The lowest BCUT2D eigenvalue weighted by Gasteiger charge is -2.37. The lowest BCUT2D eigenvalue weighted by molar-refractivity contribution is -0.125. The van der Waals surface area contributed by atoms with Crippen molar-refractivity contribution in [3.8, 4) is 11.3 Å². The highest BCUT2D eigenvalue weighted by molar-refractivity contribution is 5.83. The van der Waals surface area contributed by atoms with E-state index in [-0.39, 0.29) is 13.3 Å². The fraction of sp³-hybridized carbons (Fsp3) is 0.560. The maximum absolute atomic E-state index is 12.5. The van der Waals surface area contributed by atoms with Gasteiger partial charge in [-0.1, -0.05) is 31.7 Å². The van der Waals surface area contributed by atoms with Crippen LogP contribution in [-0.2, 0) is 16.0 Å². The Morgan fingerprint density at radius 3 is 2.29 bits per heavy atom. The number of hydrogen-bond donors (Lipinski definition) is 0. The van der Waals surface area contributed by atoms with E-state index in [1.165, 1.54) is 0 Å². The summed E-state index contributed by atoms with van der Waals surface area (Å²) in [7, 11) is 0. The molecule has 1 aromatic carbocycles. The van der Waals surface area contributed by atoms with Crippen LogP contribution in [0.15, 0.2) is 36.7 Å². The molecule has 4 rings (SSSR count). The van der Waals surface area contributed by atoms with E-state index >= 15 is 0 Å². The van der Waals surface area contributed by atoms with Gasteiger partial charge in [0.2, 0.25) is 0 Å². The van der Waals surface area contributed by atoms with E-state index in [1.54, 1.807) is 0 Å². The van der Waals surface area contributed by atoms with Crippen LogP contribution < -0.4 is 4.90 Å². The van der Waals surface area contributed by atoms with Gasteiger partial charge in [0.05, 0.1) is 18.1 Å². The molecule has 0 atom stereocenters. The molecule has 0 amide bonds. The molecular formula is C25H36N4O2. The molecule has 1 aromatic heterocycles. The van der Waals surface area contributed by atoms with Crippen molar-refractivity contribution >= 4 is 11.6 Å². The Hall–Kier alpha value is -2.31. The Morgan fingerprint density at radius 2 is 1.71 bits per heavy atom. The van der Waals surface area contributed by atoms with Crippen molar-refractivity contribution in [1.82, 2.24) is 14.9 Å². The third-order valence-corrected chi connectivity index (χ3v) is 6.31. The molecule has 0 bridgehead atoms. The molecule has 0 N–H and O–H groups in total. The quantitative estimate of drug-likeness (QED) is 0.702. The topological polar surface area (TPSA) is 58.6 Å². The normalized spacial score (nSPS) is 18.1. The van der Waals surface area contributed by atoms with Gasteiger partial charge < -0.3 is 9.64 Å². The maximum atomic E-state index is 12.5. The minimum atomic E-state index is 0. The molecule has 0 unspecified atom stereocenters. The number of carbonyl (C=O) groups excluding carboxylic acids is 1. The molecule has 2 aromatic rings. The third kappa shape index (κ3) is 5.89. The largest absolute Gasteiger partial charge is 0.381 e. The van der Waals surface area contributed by atoms with Gasteiger partial charge in [-0.15, -0.1) is 0 Å². The van der Waals surface area contributed by atoms with Gasteiger partial charge >= 0.3 is 0 Å². The summed E-state index contributed by atoms with van der Waals surface area (Å²) < 4.78 is 5.36. The highest BCUT2D eigenvalue weighted by atomic mass is 16.5. The van der Waals surface area contributed by atoms with Gasteiger partial charge in [0.25, 0.3) is 0 Å². The predicted octanol–water partition coefficient (Wildman–Crippen LogP) is 3.85. The van der Waals surface area contributed by atoms with Gasteiger partial charge in [-0.05, 0) is 32.3 Å². The smallest absolute Gasteiger partial charge is 0.147 e. The lowest BCUT2D eigenvalue weighted by atomic mass is 9.91. The number of rotatable bonds is 6. The zero-order valence-corrected chi connectivity index (χ0v) is 18.1. The van der Waals surface area contributed by atoms with Crippen LogP contribution in [0.1, 0.15) is 39.7 Å². The average molecular weight is 425 g/mol. The van der Waals surface area contributed by atoms with Crippen molar-refractivity contribution in [3.63, 3.8) is 0 Å². The summed E-state index contributed by atoms with van der Waals surface area (Å²) in [6.45, 7) is 10.0. The van der Waals surface area contributed by atoms with Crippen LogP contribution in [0.5, 0.6) is 0 Å². The molecule has 31 heavy (non-hydrogen) atoms. The van der Waals surface area contributed by atoms with E-state index in [2.05, 4.69) is 33.6 Å². The zero-order valence-electron chi connectivity index (χ0n) is 18.1. The molecule has 3 heterocycles. The second-order valence-electron chi connectivity index (χ2n) is 8.60. The predicted molar refractivity (Wildman–Crippen MR) is 125 cm³/mol. The van der Waals surface area contributed by atoms with Crippen LogP contribution in [0.3, 0.4) is 0 Å². The summed E-state index contributed by atoms with van der Waals surface area (Å²) in [5.74, 6) is 1.42. The molecule has 2 fully saturated rings. The van der Waals surface area contributed by atoms with Crippen LogP contribution in [0.2, 0.25) is 0 Å². The van der Waals surface area contributed by atoms with Crippen molar-refractivity contribution in [2.24, 2.45) is 5.92 Å². The van der Waals surface area contributed by atoms with Gasteiger partial charge in [-0.3, -0.25) is 14.7 Å². The summed E-state index contributed by atoms with van der Waals surface area (Å²) in [5.41, 5.74) is 2.95. The lowest BCUT2D eigenvalue weighted by Crippen LogP contribution is -2.49. The fourth-order valence-electron chi connectivity index (χ4n) is 4.26. The van der Waals surface area contributed by atoms with Crippen LogP contribution in [0.25, 0.3) is 11.3 Å². The van der Waals surface area contributed by atoms with Gasteiger partial charge in [0.15, 0.2) is 0 Å². The first kappa shape index (κ1) is 23.4. The number of aromatic nitrogens is 2. The number of piperazine rings is 1. The van der Waals surface area contributed by atoms with Crippen LogP contribution >= 0.6 is 0 Å². The first-order valence-electron chi connectivity index (χ1n) is 11.1. The van der Waals surface area contributed by atoms with Crippen molar-refractivity contribution in [2.45, 2.75) is 46.6 Å². The second-order valence-corrected chi connectivity index (χ2v) is 8.60. The molecule has 0 radical (unpaired) electrons. The molecule has 2 saturated heterocycles. The van der Waals surface area contributed by atoms with E-state index in [1.807, 2.05) is 36.7 Å². The van der Waals surface area contributed by atoms with Crippen molar-refractivity contribution < 1.29 is 9.53 Å². The van der Waals surface area contributed by atoms with Crippen molar-refractivity contribution in [3.05, 3.63) is 42.2 Å². The average Bonchev–Trinajstić information content (AvgIpc) is 2.80. The SMILES string of the molecule is C.CC(C)N1CCN(c2cnc(-c3ccc(CC(=O)C4CCOCC4)cc3)cn2)CC1. The molecule has 2 aliphatic heterocycles. The molecular weight excluding hydrogens is 388 g/mol. The number of carbonyl (C=O) groups is 1. The highest BCUT2D eigenvalue weighted by Gasteiger charge is 2.22. The molecule has 168 valence electrons. The first-order chi connectivity index (χ1) is 14.6. The molecule has 6 nitrogen and oxygen atoms in total. The van der Waals surface area contributed by atoms with Crippen molar-refractivity contribution in [2.75, 3.05) is 44.3 Å². The monoisotopic (exact) mass is 424 g/mol. The fourth-order valence-corrected chi connectivity index (χ4v) is 4.26. The molecule has 2 aliphatic rings. The van der Waals surface area contributed by atoms with E-state index < -0.39 is 0 Å². The molecule has 0 spiro atoms. The summed E-state index contributed by atoms with van der Waals surface area (Å²) in [5, 5.41) is 0. The van der Waals surface area contributed by atoms with Crippen LogP contribution in [-0.4, -0.2) is 66.1 Å². The number of benzene rings is 1. The Balaban J connectivity index is 0.00000272. The Bertz CT molecular complexity index is 822. The number of anilines is 1. The highest BCUT2D eigenvalue weighted by Crippen LogP contribution is 2.22. The summed E-state index contributed by atoms with van der Waals surface area (Å²) in [6.07, 6.45) is 5.93. The number of nitrogens with zero attached hydrogens (tertiary/aromatic N) is 4. The molecule has 0 saturated carbocycles. The summed E-state index contributed by atoms with van der Waals surface area (Å²) in [6, 6.07) is 8.74. The number of ether oxygens (including phenoxy) is 1. The Kier molecular flexibility index (Phi) is 8.15. The summed E-state index contributed by atoms with van der Waals surface area (Å²) >= 11 is 0. The minimum Gasteiger partial charge on any atom is -0.381 e. The first-order valence-corrected chi connectivity index (χ1v) is 11.1. The van der Waals surface area contributed by atoms with Crippen LogP contribution in [0.4, 0.5) is 5.82 Å². The summed E-state index contributed by atoms with van der Waals surface area (Å²) in [4.78, 5) is 26.6. The van der Waals surface area contributed by atoms with E-state index in [0.29, 0.717) is 31.5 Å². The third-order valence-electron chi connectivity index (χ3n) is 6.31. The number of Topliss-reactive ketones (excluding diaryl/α,β-unsaturated/α-hetero) is 1. The molecule has 6 heteroatoms. The van der Waals surface area contributed by atoms with Gasteiger partial charge in [0, 0.05) is 63.3 Å². The van der Waals surface area contributed by atoms with Gasteiger partial charge in [-0.25, -0.2) is 4.98 Å². The zero-order chi connectivity index (χ0) is 20.9. The Morgan fingerprint density at radius 1 is 1.03 bits per heavy atom. The van der Waals surface area contributed by atoms with E-state index in [4.69, 9.17) is 4.74 Å². The number of hydrogen-bond acceptors (Lipinski definition) is 6. The number of ketones is 1. The van der Waals surface area contributed by atoms with Gasteiger partial charge in [0.1, 0.15) is 11.6 Å². The van der Waals surface area contributed by atoms with Gasteiger partial charge in [-0.2, -0.15) is 0 Å². The minimum absolute atomic E-state index is 0. The van der Waals surface area contributed by atoms with E-state index in [9.17, 15) is 4.79 Å². The maximum Gasteiger partial charge on any atom is 0.147 e. The second kappa shape index (κ2) is 10.8. The van der Waals surface area contributed by atoms with Crippen molar-refractivity contribution in [1.29, 1.82) is 0 Å². The van der Waals surface area contributed by atoms with Crippen LogP contribution in [0, 0.1) is 5.92 Å². The molecule has 0 aliphatic carbocycles. The standard InChI is InChI=1S/C24H32N4O2.CH4/c1-18(2)27-9-11-28(12-10-27)24-17-25-22(16-26-24)20-5-3-19(4-6-20)15-23(29)21-7-13-30-14-8-21;/h3-6,16-18,21H,7-15H2,1-2H3;1H4. The van der Waals surface area contributed by atoms with E-state index in [0.717, 1.165) is 61.7 Å².